The number of carbonyl (C=O) groups is 1. The lowest BCUT2D eigenvalue weighted by Gasteiger charge is -2.33. The fourth-order valence-corrected chi connectivity index (χ4v) is 2.40. The fourth-order valence-electron chi connectivity index (χ4n) is 2.40. The van der Waals surface area contributed by atoms with Crippen LogP contribution in [0.2, 0.25) is 0 Å². The molecule has 0 amide bonds. The third-order valence-electron chi connectivity index (χ3n) is 3.53. The molecule has 0 spiro atoms. The number of hydrogen-bond acceptors (Lipinski definition) is 8. The summed E-state index contributed by atoms with van der Waals surface area (Å²) >= 11 is 0. The third-order valence-corrected chi connectivity index (χ3v) is 3.53. The molecule has 1 aliphatic heterocycles. The van der Waals surface area contributed by atoms with Crippen molar-refractivity contribution in [3.8, 4) is 0 Å². The van der Waals surface area contributed by atoms with E-state index in [-0.39, 0.29) is 17.6 Å². The second-order valence-corrected chi connectivity index (χ2v) is 5.06. The van der Waals surface area contributed by atoms with Gasteiger partial charge in [-0.15, -0.1) is 0 Å². The van der Waals surface area contributed by atoms with Gasteiger partial charge in [-0.25, -0.2) is 9.78 Å². The summed E-state index contributed by atoms with van der Waals surface area (Å²) in [6.07, 6.45) is 3.35. The zero-order chi connectivity index (χ0) is 16.2. The van der Waals surface area contributed by atoms with Crippen molar-refractivity contribution in [3.05, 3.63) is 41.9 Å². The van der Waals surface area contributed by atoms with Crippen molar-refractivity contribution in [2.24, 2.45) is 0 Å². The average Bonchev–Trinajstić information content (AvgIpc) is 2.61. The van der Waals surface area contributed by atoms with Gasteiger partial charge in [0, 0.05) is 30.6 Å². The summed E-state index contributed by atoms with van der Waals surface area (Å²) in [4.78, 5) is 26.2. The molecule has 8 heteroatoms. The molecule has 8 nitrogen and oxygen atoms in total. The van der Waals surface area contributed by atoms with E-state index < -0.39 is 5.97 Å². The Labute approximate surface area is 133 Å². The second kappa shape index (κ2) is 6.57. The lowest BCUT2D eigenvalue weighted by atomic mass is 10.1. The van der Waals surface area contributed by atoms with Gasteiger partial charge in [0.25, 0.3) is 0 Å². The normalized spacial score (nSPS) is 17.8. The number of nitrogens with zero attached hydrogens (tertiary/aromatic N) is 4. The molecule has 0 aromatic carbocycles. The van der Waals surface area contributed by atoms with Crippen molar-refractivity contribution >= 4 is 17.7 Å². The zero-order valence-corrected chi connectivity index (χ0v) is 12.7. The Morgan fingerprint density at radius 2 is 2.35 bits per heavy atom. The molecule has 1 saturated heterocycles. The summed E-state index contributed by atoms with van der Waals surface area (Å²) in [5.41, 5.74) is 6.90. The first kappa shape index (κ1) is 15.2. The number of ether oxygens (including phenoxy) is 2. The summed E-state index contributed by atoms with van der Waals surface area (Å²) in [5.74, 6) is 0.0693. The number of anilines is 2. The third kappa shape index (κ3) is 3.37. The minimum Gasteiger partial charge on any atom is -0.464 e. The quantitative estimate of drug-likeness (QED) is 0.830. The Bertz CT molecular complexity index is 695. The standard InChI is InChI=1S/C15H17N5O3/c1-22-14(21)11-7-13(16)19-15(18-11)20-5-6-23-12(9-20)10-3-2-4-17-8-10/h2-4,7-8,12H,5-6,9H2,1H3,(H2,16,18,19). The molecule has 2 N–H and O–H groups in total. The Hall–Kier alpha value is -2.74. The number of morpholine rings is 1. The summed E-state index contributed by atoms with van der Waals surface area (Å²) < 4.78 is 10.5. The number of aromatic nitrogens is 3. The van der Waals surface area contributed by atoms with Crippen molar-refractivity contribution in [2.75, 3.05) is 37.4 Å². The van der Waals surface area contributed by atoms with Crippen LogP contribution in [-0.4, -0.2) is 47.7 Å². The van der Waals surface area contributed by atoms with Gasteiger partial charge in [-0.2, -0.15) is 4.98 Å². The van der Waals surface area contributed by atoms with Crippen LogP contribution in [0, 0.1) is 0 Å². The van der Waals surface area contributed by atoms with Crippen molar-refractivity contribution < 1.29 is 14.3 Å². The largest absolute Gasteiger partial charge is 0.464 e. The van der Waals surface area contributed by atoms with Crippen LogP contribution in [0.25, 0.3) is 0 Å². The molecule has 0 radical (unpaired) electrons. The highest BCUT2D eigenvalue weighted by molar-refractivity contribution is 5.88. The van der Waals surface area contributed by atoms with Crippen molar-refractivity contribution in [1.29, 1.82) is 0 Å². The summed E-state index contributed by atoms with van der Waals surface area (Å²) in [7, 11) is 1.30. The Morgan fingerprint density at radius 3 is 3.09 bits per heavy atom. The van der Waals surface area contributed by atoms with Gasteiger partial charge in [0.15, 0.2) is 5.69 Å². The second-order valence-electron chi connectivity index (χ2n) is 5.06. The molecule has 2 aromatic rings. The van der Waals surface area contributed by atoms with E-state index >= 15 is 0 Å². The maximum atomic E-state index is 11.7. The molecular formula is C15H17N5O3. The molecule has 0 bridgehead atoms. The van der Waals surface area contributed by atoms with Gasteiger partial charge in [-0.1, -0.05) is 6.07 Å². The molecule has 1 fully saturated rings. The topological polar surface area (TPSA) is 103 Å². The first-order chi connectivity index (χ1) is 11.2. The van der Waals surface area contributed by atoms with Gasteiger partial charge in [0.05, 0.1) is 20.3 Å². The van der Waals surface area contributed by atoms with Gasteiger partial charge < -0.3 is 20.1 Å². The van der Waals surface area contributed by atoms with Crippen LogP contribution in [-0.2, 0) is 9.47 Å². The first-order valence-corrected chi connectivity index (χ1v) is 7.16. The molecule has 23 heavy (non-hydrogen) atoms. The van der Waals surface area contributed by atoms with E-state index in [4.69, 9.17) is 10.5 Å². The number of nitrogens with two attached hydrogens (primary N) is 1. The predicted octanol–water partition coefficient (Wildman–Crippen LogP) is 0.818. The lowest BCUT2D eigenvalue weighted by Crippen LogP contribution is -2.39. The van der Waals surface area contributed by atoms with E-state index in [0.29, 0.717) is 25.6 Å². The molecule has 3 heterocycles. The molecule has 2 aromatic heterocycles. The number of methoxy groups -OCH3 is 1. The number of pyridine rings is 1. The Kier molecular flexibility index (Phi) is 4.33. The molecule has 3 rings (SSSR count). The van der Waals surface area contributed by atoms with Crippen molar-refractivity contribution in [3.63, 3.8) is 0 Å². The maximum absolute atomic E-state index is 11.7. The Morgan fingerprint density at radius 1 is 1.48 bits per heavy atom. The minimum atomic E-state index is -0.544. The van der Waals surface area contributed by atoms with Crippen molar-refractivity contribution in [1.82, 2.24) is 15.0 Å². The van der Waals surface area contributed by atoms with Crippen LogP contribution in [0.4, 0.5) is 11.8 Å². The van der Waals surface area contributed by atoms with E-state index in [9.17, 15) is 4.79 Å². The van der Waals surface area contributed by atoms with E-state index in [2.05, 4.69) is 19.7 Å². The van der Waals surface area contributed by atoms with Gasteiger partial charge in [-0.05, 0) is 6.07 Å². The molecule has 0 aliphatic carbocycles. The zero-order valence-electron chi connectivity index (χ0n) is 12.7. The van der Waals surface area contributed by atoms with Gasteiger partial charge >= 0.3 is 5.97 Å². The minimum absolute atomic E-state index is 0.135. The van der Waals surface area contributed by atoms with E-state index in [0.717, 1.165) is 5.56 Å². The molecular weight excluding hydrogens is 298 g/mol. The highest BCUT2D eigenvalue weighted by Gasteiger charge is 2.25. The molecule has 0 saturated carbocycles. The number of hydrogen-bond donors (Lipinski definition) is 1. The maximum Gasteiger partial charge on any atom is 0.356 e. The van der Waals surface area contributed by atoms with Gasteiger partial charge in [-0.3, -0.25) is 4.98 Å². The van der Waals surface area contributed by atoms with Crippen LogP contribution in [0.5, 0.6) is 0 Å². The number of carbonyl (C=O) groups excluding carboxylic acids is 1. The highest BCUT2D eigenvalue weighted by atomic mass is 16.5. The Balaban J connectivity index is 1.84. The van der Waals surface area contributed by atoms with Crippen LogP contribution < -0.4 is 10.6 Å². The van der Waals surface area contributed by atoms with E-state index in [1.165, 1.54) is 13.2 Å². The number of nitrogen functional groups attached to an aromatic ring is 1. The SMILES string of the molecule is COC(=O)c1cc(N)nc(N2CCOC(c3cccnc3)C2)n1. The molecule has 120 valence electrons. The van der Waals surface area contributed by atoms with Crippen LogP contribution >= 0.6 is 0 Å². The summed E-state index contributed by atoms with van der Waals surface area (Å²) in [5, 5.41) is 0. The lowest BCUT2D eigenvalue weighted by molar-refractivity contribution is 0.0390. The number of esters is 1. The molecule has 1 atom stereocenters. The average molecular weight is 315 g/mol. The summed E-state index contributed by atoms with van der Waals surface area (Å²) in [6.45, 7) is 1.68. The van der Waals surface area contributed by atoms with E-state index in [1.54, 1.807) is 12.4 Å². The smallest absolute Gasteiger partial charge is 0.356 e. The van der Waals surface area contributed by atoms with Crippen molar-refractivity contribution in [2.45, 2.75) is 6.10 Å². The van der Waals surface area contributed by atoms with Crippen LogP contribution in [0.1, 0.15) is 22.2 Å². The van der Waals surface area contributed by atoms with Gasteiger partial charge in [0.1, 0.15) is 11.9 Å². The van der Waals surface area contributed by atoms with Crippen LogP contribution in [0.3, 0.4) is 0 Å². The van der Waals surface area contributed by atoms with Crippen LogP contribution in [0.15, 0.2) is 30.6 Å². The monoisotopic (exact) mass is 315 g/mol. The molecule has 1 aliphatic rings. The first-order valence-electron chi connectivity index (χ1n) is 7.16. The molecule has 1 unspecified atom stereocenters. The highest BCUT2D eigenvalue weighted by Crippen LogP contribution is 2.24. The number of rotatable bonds is 3. The van der Waals surface area contributed by atoms with E-state index in [1.807, 2.05) is 17.0 Å². The fraction of sp³-hybridized carbons (Fsp3) is 0.333. The predicted molar refractivity (Wildman–Crippen MR) is 82.9 cm³/mol. The van der Waals surface area contributed by atoms with Gasteiger partial charge in [0.2, 0.25) is 5.95 Å². The summed E-state index contributed by atoms with van der Waals surface area (Å²) in [6, 6.07) is 5.22.